The van der Waals surface area contributed by atoms with Crippen molar-refractivity contribution in [1.29, 1.82) is 0 Å². The van der Waals surface area contributed by atoms with Crippen LogP contribution in [0, 0.1) is 11.8 Å². The first-order chi connectivity index (χ1) is 8.61. The zero-order valence-electron chi connectivity index (χ0n) is 11.9. The minimum Gasteiger partial charge on any atom is -0.469 e. The predicted molar refractivity (Wildman–Crippen MR) is 71.4 cm³/mol. The molecule has 0 aromatic heterocycles. The van der Waals surface area contributed by atoms with Crippen LogP contribution in [-0.4, -0.2) is 62.7 Å². The van der Waals surface area contributed by atoms with Crippen LogP contribution in [0.3, 0.4) is 0 Å². The van der Waals surface area contributed by atoms with Gasteiger partial charge in [0.25, 0.3) is 0 Å². The van der Waals surface area contributed by atoms with Gasteiger partial charge in [0.1, 0.15) is 0 Å². The Balaban J connectivity index is 1.95. The summed E-state index contributed by atoms with van der Waals surface area (Å²) in [5.41, 5.74) is 0. The van der Waals surface area contributed by atoms with Gasteiger partial charge in [0, 0.05) is 6.04 Å². The fourth-order valence-corrected chi connectivity index (χ4v) is 3.46. The van der Waals surface area contributed by atoms with E-state index < -0.39 is 0 Å². The molecule has 2 aliphatic heterocycles. The Bertz CT molecular complexity index is 288. The Hall–Kier alpha value is -0.610. The van der Waals surface area contributed by atoms with Crippen LogP contribution in [0.25, 0.3) is 0 Å². The summed E-state index contributed by atoms with van der Waals surface area (Å²) >= 11 is 0. The van der Waals surface area contributed by atoms with Crippen LogP contribution in [0.15, 0.2) is 0 Å². The van der Waals surface area contributed by atoms with Gasteiger partial charge in [-0.2, -0.15) is 0 Å². The van der Waals surface area contributed by atoms with Crippen molar-refractivity contribution in [2.24, 2.45) is 11.8 Å². The molecule has 2 heterocycles. The lowest BCUT2D eigenvalue weighted by molar-refractivity contribution is -0.148. The summed E-state index contributed by atoms with van der Waals surface area (Å²) in [7, 11) is 5.90. The summed E-state index contributed by atoms with van der Waals surface area (Å²) in [6.07, 6.45) is 4.46. The number of carbonyl (C=O) groups excluding carboxylic acids is 1. The summed E-state index contributed by atoms with van der Waals surface area (Å²) in [6, 6.07) is 0.566. The van der Waals surface area contributed by atoms with E-state index in [4.69, 9.17) is 4.74 Å². The summed E-state index contributed by atoms with van der Waals surface area (Å²) in [5.74, 6) is 0.857. The number of piperidine rings is 2. The highest BCUT2D eigenvalue weighted by atomic mass is 16.5. The van der Waals surface area contributed by atoms with E-state index in [1.807, 2.05) is 0 Å². The maximum atomic E-state index is 11.7. The van der Waals surface area contributed by atoms with E-state index in [9.17, 15) is 4.79 Å². The van der Waals surface area contributed by atoms with Crippen LogP contribution in [-0.2, 0) is 9.53 Å². The highest BCUT2D eigenvalue weighted by molar-refractivity contribution is 5.72. The number of methoxy groups -OCH3 is 1. The molecule has 0 aliphatic carbocycles. The van der Waals surface area contributed by atoms with Gasteiger partial charge in [0.05, 0.1) is 13.0 Å². The van der Waals surface area contributed by atoms with Crippen molar-refractivity contribution >= 4 is 5.97 Å². The smallest absolute Gasteiger partial charge is 0.308 e. The first-order valence-electron chi connectivity index (χ1n) is 7.08. The third-order valence-corrected chi connectivity index (χ3v) is 4.76. The molecule has 4 heteroatoms. The van der Waals surface area contributed by atoms with E-state index in [2.05, 4.69) is 23.9 Å². The Morgan fingerprint density at radius 1 is 1.11 bits per heavy atom. The van der Waals surface area contributed by atoms with Crippen molar-refractivity contribution in [2.45, 2.75) is 31.7 Å². The van der Waals surface area contributed by atoms with Gasteiger partial charge in [-0.3, -0.25) is 4.79 Å². The minimum atomic E-state index is -0.0129. The van der Waals surface area contributed by atoms with Crippen molar-refractivity contribution in [1.82, 2.24) is 9.80 Å². The molecular formula is C14H26N2O2. The Labute approximate surface area is 110 Å². The first-order valence-corrected chi connectivity index (χ1v) is 7.08. The van der Waals surface area contributed by atoms with E-state index in [1.54, 1.807) is 0 Å². The standard InChI is InChI=1S/C14H26N2O2/c1-15-7-4-11(5-8-15)13-10-12(14(17)18-3)6-9-16(13)2/h11-13H,4-10H2,1-3H3. The fourth-order valence-electron chi connectivity index (χ4n) is 3.46. The average molecular weight is 254 g/mol. The Morgan fingerprint density at radius 2 is 1.78 bits per heavy atom. The molecule has 0 amide bonds. The van der Waals surface area contributed by atoms with Crippen LogP contribution in [0.5, 0.6) is 0 Å². The number of rotatable bonds is 2. The number of carbonyl (C=O) groups is 1. The third-order valence-electron chi connectivity index (χ3n) is 4.76. The van der Waals surface area contributed by atoms with Crippen molar-refractivity contribution in [3.8, 4) is 0 Å². The predicted octanol–water partition coefficient (Wildman–Crippen LogP) is 1.21. The molecule has 104 valence electrons. The molecule has 18 heavy (non-hydrogen) atoms. The number of nitrogens with zero attached hydrogens (tertiary/aromatic N) is 2. The van der Waals surface area contributed by atoms with Gasteiger partial charge >= 0.3 is 5.97 Å². The second-order valence-electron chi connectivity index (χ2n) is 5.93. The molecule has 0 bridgehead atoms. The maximum Gasteiger partial charge on any atom is 0.308 e. The number of likely N-dealkylation sites (tertiary alicyclic amines) is 2. The fraction of sp³-hybridized carbons (Fsp3) is 0.929. The van der Waals surface area contributed by atoms with Gasteiger partial charge < -0.3 is 14.5 Å². The summed E-state index contributed by atoms with van der Waals surface area (Å²) in [6.45, 7) is 3.41. The van der Waals surface area contributed by atoms with Crippen molar-refractivity contribution in [2.75, 3.05) is 40.8 Å². The molecule has 0 aromatic carbocycles. The summed E-state index contributed by atoms with van der Waals surface area (Å²) < 4.78 is 4.91. The lowest BCUT2D eigenvalue weighted by Gasteiger charge is -2.43. The Kier molecular flexibility index (Phi) is 4.62. The largest absolute Gasteiger partial charge is 0.469 e. The van der Waals surface area contributed by atoms with Gasteiger partial charge in [-0.1, -0.05) is 0 Å². The summed E-state index contributed by atoms with van der Waals surface area (Å²) in [5, 5.41) is 0. The van der Waals surface area contributed by atoms with Crippen LogP contribution in [0.1, 0.15) is 25.7 Å². The van der Waals surface area contributed by atoms with Crippen molar-refractivity contribution in [3.63, 3.8) is 0 Å². The lowest BCUT2D eigenvalue weighted by Crippen LogP contribution is -2.48. The molecule has 2 rings (SSSR count). The SMILES string of the molecule is COC(=O)C1CCN(C)C(C2CCN(C)CC2)C1. The molecule has 0 spiro atoms. The van der Waals surface area contributed by atoms with Gasteiger partial charge in [0.2, 0.25) is 0 Å². The van der Waals surface area contributed by atoms with E-state index in [0.29, 0.717) is 6.04 Å². The highest BCUT2D eigenvalue weighted by Gasteiger charge is 2.36. The maximum absolute atomic E-state index is 11.7. The van der Waals surface area contributed by atoms with E-state index in [0.717, 1.165) is 25.3 Å². The molecule has 0 N–H and O–H groups in total. The van der Waals surface area contributed by atoms with Crippen LogP contribution < -0.4 is 0 Å². The zero-order valence-corrected chi connectivity index (χ0v) is 11.9. The molecule has 2 unspecified atom stereocenters. The van der Waals surface area contributed by atoms with Crippen LogP contribution >= 0.6 is 0 Å². The first kappa shape index (κ1) is 13.8. The highest BCUT2D eigenvalue weighted by Crippen LogP contribution is 2.32. The topological polar surface area (TPSA) is 32.8 Å². The molecule has 2 fully saturated rings. The van der Waals surface area contributed by atoms with Crippen molar-refractivity contribution < 1.29 is 9.53 Å². The van der Waals surface area contributed by atoms with E-state index in [-0.39, 0.29) is 11.9 Å². The third kappa shape index (κ3) is 3.04. The van der Waals surface area contributed by atoms with E-state index >= 15 is 0 Å². The number of hydrogen-bond acceptors (Lipinski definition) is 4. The average Bonchev–Trinajstić information content (AvgIpc) is 2.39. The number of hydrogen-bond donors (Lipinski definition) is 0. The zero-order chi connectivity index (χ0) is 13.1. The molecule has 0 radical (unpaired) electrons. The molecule has 0 aromatic rings. The molecule has 2 saturated heterocycles. The number of esters is 1. The lowest BCUT2D eigenvalue weighted by atomic mass is 9.80. The van der Waals surface area contributed by atoms with Crippen molar-refractivity contribution in [3.05, 3.63) is 0 Å². The van der Waals surface area contributed by atoms with Crippen LogP contribution in [0.2, 0.25) is 0 Å². The molecule has 2 aliphatic rings. The minimum absolute atomic E-state index is 0.0129. The quantitative estimate of drug-likeness (QED) is 0.694. The molecular weight excluding hydrogens is 228 g/mol. The van der Waals surface area contributed by atoms with Gasteiger partial charge in [-0.25, -0.2) is 0 Å². The van der Waals surface area contributed by atoms with Crippen LogP contribution in [0.4, 0.5) is 0 Å². The number of ether oxygens (including phenoxy) is 1. The molecule has 0 saturated carbocycles. The normalized spacial score (nSPS) is 32.4. The van der Waals surface area contributed by atoms with E-state index in [1.165, 1.54) is 33.0 Å². The second-order valence-corrected chi connectivity index (χ2v) is 5.93. The van der Waals surface area contributed by atoms with Gasteiger partial charge in [-0.15, -0.1) is 0 Å². The second kappa shape index (κ2) is 6.02. The monoisotopic (exact) mass is 254 g/mol. The molecule has 4 nitrogen and oxygen atoms in total. The van der Waals surface area contributed by atoms with Gasteiger partial charge in [0.15, 0.2) is 0 Å². The molecule has 2 atom stereocenters. The van der Waals surface area contributed by atoms with Gasteiger partial charge in [-0.05, 0) is 65.3 Å². The summed E-state index contributed by atoms with van der Waals surface area (Å²) in [4.78, 5) is 16.6. The Morgan fingerprint density at radius 3 is 2.39 bits per heavy atom.